The lowest BCUT2D eigenvalue weighted by molar-refractivity contribution is -0.146. The standard InChI is InChI=1S/C25H34O4/c1-4-5-6-20-7-12-22(13-8-20)23-14-9-21(10-15-23)11-16-24(26)28-17-18-29-25(27)19(2)3/h9-11,14-16,20,22H,2,4-8,12-13,17-18H2,1,3H3/b16-11+/t20-,22-. The predicted octanol–water partition coefficient (Wildman–Crippen LogP) is 5.83. The average Bonchev–Trinajstić information content (AvgIpc) is 2.74. The molecule has 0 unspecified atom stereocenters. The molecule has 0 saturated heterocycles. The van der Waals surface area contributed by atoms with Crippen LogP contribution in [0.15, 0.2) is 42.5 Å². The summed E-state index contributed by atoms with van der Waals surface area (Å²) in [5.74, 6) is 0.651. The van der Waals surface area contributed by atoms with Crippen LogP contribution in [0.3, 0.4) is 0 Å². The van der Waals surface area contributed by atoms with Crippen LogP contribution in [0.1, 0.15) is 75.8 Å². The highest BCUT2D eigenvalue weighted by atomic mass is 16.6. The van der Waals surface area contributed by atoms with Crippen molar-refractivity contribution in [2.45, 2.75) is 64.7 Å². The van der Waals surface area contributed by atoms with Gasteiger partial charge in [-0.1, -0.05) is 57.0 Å². The van der Waals surface area contributed by atoms with Gasteiger partial charge < -0.3 is 9.47 Å². The fourth-order valence-electron chi connectivity index (χ4n) is 3.77. The highest BCUT2D eigenvalue weighted by molar-refractivity contribution is 5.87. The number of hydrogen-bond acceptors (Lipinski definition) is 4. The summed E-state index contributed by atoms with van der Waals surface area (Å²) < 4.78 is 9.89. The minimum Gasteiger partial charge on any atom is -0.459 e. The SMILES string of the molecule is C=C(C)C(=O)OCCOC(=O)/C=C/c1ccc([C@H]2CC[C@H](CCCC)CC2)cc1. The van der Waals surface area contributed by atoms with Gasteiger partial charge in [-0.25, -0.2) is 9.59 Å². The van der Waals surface area contributed by atoms with Crippen molar-refractivity contribution in [1.82, 2.24) is 0 Å². The number of ether oxygens (including phenoxy) is 2. The lowest BCUT2D eigenvalue weighted by Crippen LogP contribution is -2.13. The number of carbonyl (C=O) groups excluding carboxylic acids is 2. The summed E-state index contributed by atoms with van der Waals surface area (Å²) in [5, 5.41) is 0. The topological polar surface area (TPSA) is 52.6 Å². The van der Waals surface area contributed by atoms with E-state index in [2.05, 4.69) is 37.8 Å². The van der Waals surface area contributed by atoms with Gasteiger partial charge in [-0.2, -0.15) is 0 Å². The Hall–Kier alpha value is -2.36. The number of esters is 2. The highest BCUT2D eigenvalue weighted by Crippen LogP contribution is 2.37. The summed E-state index contributed by atoms with van der Waals surface area (Å²) in [6.45, 7) is 7.38. The predicted molar refractivity (Wildman–Crippen MR) is 116 cm³/mol. The molecule has 0 bridgehead atoms. The zero-order valence-corrected chi connectivity index (χ0v) is 17.8. The molecule has 0 heterocycles. The van der Waals surface area contributed by atoms with E-state index < -0.39 is 11.9 Å². The quantitative estimate of drug-likeness (QED) is 0.283. The molecule has 0 aromatic heterocycles. The molecule has 1 aromatic carbocycles. The number of carbonyl (C=O) groups is 2. The maximum absolute atomic E-state index is 11.7. The van der Waals surface area contributed by atoms with Crippen molar-refractivity contribution in [1.29, 1.82) is 0 Å². The van der Waals surface area contributed by atoms with Gasteiger partial charge in [-0.05, 0) is 61.6 Å². The third-order valence-electron chi connectivity index (χ3n) is 5.54. The Morgan fingerprint density at radius 1 is 1.07 bits per heavy atom. The number of benzene rings is 1. The molecule has 0 amide bonds. The fourth-order valence-corrected chi connectivity index (χ4v) is 3.77. The summed E-state index contributed by atoms with van der Waals surface area (Å²) in [7, 11) is 0. The van der Waals surface area contributed by atoms with E-state index >= 15 is 0 Å². The summed E-state index contributed by atoms with van der Waals surface area (Å²) in [5.41, 5.74) is 2.69. The number of rotatable bonds is 10. The molecule has 1 saturated carbocycles. The first-order chi connectivity index (χ1) is 14.0. The smallest absolute Gasteiger partial charge is 0.333 e. The average molecular weight is 399 g/mol. The second kappa shape index (κ2) is 12.3. The molecule has 0 atom stereocenters. The second-order valence-electron chi connectivity index (χ2n) is 7.94. The molecule has 2 rings (SSSR count). The van der Waals surface area contributed by atoms with Gasteiger partial charge >= 0.3 is 11.9 Å². The molecule has 0 radical (unpaired) electrons. The van der Waals surface area contributed by atoms with Crippen LogP contribution >= 0.6 is 0 Å². The molecule has 1 fully saturated rings. The summed E-state index contributed by atoms with van der Waals surface area (Å²) in [6.07, 6.45) is 12.4. The van der Waals surface area contributed by atoms with Crippen molar-refractivity contribution in [3.05, 3.63) is 53.6 Å². The molecule has 0 aliphatic heterocycles. The molecule has 4 nitrogen and oxygen atoms in total. The van der Waals surface area contributed by atoms with Crippen LogP contribution in [-0.2, 0) is 19.1 Å². The Bertz CT molecular complexity index is 694. The lowest BCUT2D eigenvalue weighted by atomic mass is 9.77. The minimum atomic E-state index is -0.480. The monoisotopic (exact) mass is 398 g/mol. The Labute approximate surface area is 175 Å². The van der Waals surface area contributed by atoms with Crippen molar-refractivity contribution in [2.75, 3.05) is 13.2 Å². The first kappa shape index (κ1) is 22.9. The van der Waals surface area contributed by atoms with E-state index in [9.17, 15) is 9.59 Å². The maximum Gasteiger partial charge on any atom is 0.333 e. The van der Waals surface area contributed by atoms with Gasteiger partial charge in [-0.3, -0.25) is 0 Å². The molecule has 0 N–H and O–H groups in total. The van der Waals surface area contributed by atoms with Crippen molar-refractivity contribution in [3.8, 4) is 0 Å². The van der Waals surface area contributed by atoms with E-state index in [1.165, 1.54) is 56.6 Å². The first-order valence-electron chi connectivity index (χ1n) is 10.8. The van der Waals surface area contributed by atoms with Gasteiger partial charge in [0.15, 0.2) is 0 Å². The third-order valence-corrected chi connectivity index (χ3v) is 5.54. The van der Waals surface area contributed by atoms with Crippen LogP contribution in [0, 0.1) is 5.92 Å². The van der Waals surface area contributed by atoms with Crippen molar-refractivity contribution >= 4 is 18.0 Å². The number of hydrogen-bond donors (Lipinski definition) is 0. The van der Waals surface area contributed by atoms with Crippen molar-refractivity contribution in [3.63, 3.8) is 0 Å². The van der Waals surface area contributed by atoms with Gasteiger partial charge in [0, 0.05) is 11.6 Å². The fraction of sp³-hybridized carbons (Fsp3) is 0.520. The van der Waals surface area contributed by atoms with E-state index in [0.717, 1.165) is 11.5 Å². The molecule has 0 spiro atoms. The molecular weight excluding hydrogens is 364 g/mol. The molecule has 4 heteroatoms. The van der Waals surface area contributed by atoms with Gasteiger partial charge in [0.1, 0.15) is 13.2 Å². The number of unbranched alkanes of at least 4 members (excludes halogenated alkanes) is 1. The molecular formula is C25H34O4. The van der Waals surface area contributed by atoms with Crippen LogP contribution in [0.5, 0.6) is 0 Å². The van der Waals surface area contributed by atoms with Gasteiger partial charge in [-0.15, -0.1) is 0 Å². The first-order valence-corrected chi connectivity index (χ1v) is 10.8. The summed E-state index contributed by atoms with van der Waals surface area (Å²) >= 11 is 0. The summed E-state index contributed by atoms with van der Waals surface area (Å²) in [6, 6.07) is 8.46. The summed E-state index contributed by atoms with van der Waals surface area (Å²) in [4.78, 5) is 23.0. The Balaban J connectivity index is 1.72. The highest BCUT2D eigenvalue weighted by Gasteiger charge is 2.21. The Kier molecular flexibility index (Phi) is 9.69. The Morgan fingerprint density at radius 2 is 1.72 bits per heavy atom. The van der Waals surface area contributed by atoms with E-state index in [1.54, 1.807) is 13.0 Å². The Morgan fingerprint density at radius 3 is 2.34 bits per heavy atom. The van der Waals surface area contributed by atoms with Gasteiger partial charge in [0.2, 0.25) is 0 Å². The maximum atomic E-state index is 11.7. The van der Waals surface area contributed by atoms with E-state index in [4.69, 9.17) is 9.47 Å². The molecule has 1 aliphatic rings. The largest absolute Gasteiger partial charge is 0.459 e. The normalized spacial score (nSPS) is 19.1. The van der Waals surface area contributed by atoms with Crippen LogP contribution < -0.4 is 0 Å². The van der Waals surface area contributed by atoms with Gasteiger partial charge in [0.25, 0.3) is 0 Å². The van der Waals surface area contributed by atoms with Crippen LogP contribution in [0.4, 0.5) is 0 Å². The van der Waals surface area contributed by atoms with Gasteiger partial charge in [0.05, 0.1) is 0 Å². The minimum absolute atomic E-state index is 0.0284. The van der Waals surface area contributed by atoms with Crippen molar-refractivity contribution < 1.29 is 19.1 Å². The molecule has 29 heavy (non-hydrogen) atoms. The molecule has 158 valence electrons. The molecule has 1 aliphatic carbocycles. The van der Waals surface area contributed by atoms with Crippen LogP contribution in [-0.4, -0.2) is 25.2 Å². The second-order valence-corrected chi connectivity index (χ2v) is 7.94. The third kappa shape index (κ3) is 8.26. The van der Waals surface area contributed by atoms with Crippen LogP contribution in [0.25, 0.3) is 6.08 Å². The van der Waals surface area contributed by atoms with E-state index in [-0.39, 0.29) is 13.2 Å². The van der Waals surface area contributed by atoms with E-state index in [0.29, 0.717) is 11.5 Å². The molecule has 1 aromatic rings. The zero-order chi connectivity index (χ0) is 21.1. The van der Waals surface area contributed by atoms with Crippen LogP contribution in [0.2, 0.25) is 0 Å². The lowest BCUT2D eigenvalue weighted by Gasteiger charge is -2.28. The van der Waals surface area contributed by atoms with Crippen molar-refractivity contribution in [2.24, 2.45) is 5.92 Å². The van der Waals surface area contributed by atoms with E-state index in [1.807, 2.05) is 0 Å². The zero-order valence-electron chi connectivity index (χ0n) is 17.8.